The Kier molecular flexibility index (Phi) is 3.31. The Morgan fingerprint density at radius 2 is 2.23 bits per heavy atom. The SMILES string of the molecule is [N-]=[N+]=N[C@]1(CO)O[C@@H](n2cnc3c(N)ncnc32)[C@@H](O)[C@@H]1O. The minimum Gasteiger partial charge on any atom is -0.393 e. The van der Waals surface area contributed by atoms with E-state index in [2.05, 4.69) is 25.0 Å². The number of nitrogens with two attached hydrogens (primary N) is 1. The second-order valence-electron chi connectivity index (χ2n) is 4.72. The van der Waals surface area contributed by atoms with E-state index in [0.717, 1.165) is 0 Å². The first-order valence-corrected chi connectivity index (χ1v) is 6.18. The van der Waals surface area contributed by atoms with Gasteiger partial charge in [-0.1, -0.05) is 5.11 Å². The lowest BCUT2D eigenvalue weighted by Crippen LogP contribution is -2.44. The molecule has 12 nitrogen and oxygen atoms in total. The quantitative estimate of drug-likeness (QED) is 0.304. The van der Waals surface area contributed by atoms with Gasteiger partial charge < -0.3 is 25.8 Å². The lowest BCUT2D eigenvalue weighted by atomic mass is 10.1. The molecule has 2 aromatic heterocycles. The number of aliphatic hydroxyl groups is 3. The molecule has 1 aliphatic rings. The van der Waals surface area contributed by atoms with Gasteiger partial charge in [0, 0.05) is 4.91 Å². The van der Waals surface area contributed by atoms with Gasteiger partial charge in [0.05, 0.1) is 12.9 Å². The van der Waals surface area contributed by atoms with Gasteiger partial charge in [0.1, 0.15) is 24.1 Å². The Hall–Kier alpha value is -2.50. The van der Waals surface area contributed by atoms with Crippen molar-refractivity contribution in [2.45, 2.75) is 24.2 Å². The summed E-state index contributed by atoms with van der Waals surface area (Å²) < 4.78 is 6.72. The lowest BCUT2D eigenvalue weighted by molar-refractivity contribution is -0.123. The topological polar surface area (TPSA) is 188 Å². The molecule has 0 saturated carbocycles. The molecule has 3 heterocycles. The van der Waals surface area contributed by atoms with Crippen molar-refractivity contribution in [3.05, 3.63) is 23.1 Å². The van der Waals surface area contributed by atoms with Gasteiger partial charge in [-0.25, -0.2) is 15.0 Å². The molecule has 3 rings (SSSR count). The minimum absolute atomic E-state index is 0.139. The smallest absolute Gasteiger partial charge is 0.200 e. The lowest BCUT2D eigenvalue weighted by Gasteiger charge is -2.23. The highest BCUT2D eigenvalue weighted by atomic mass is 16.6. The molecule has 0 bridgehead atoms. The second-order valence-corrected chi connectivity index (χ2v) is 4.72. The highest BCUT2D eigenvalue weighted by Crippen LogP contribution is 2.39. The van der Waals surface area contributed by atoms with Crippen molar-refractivity contribution >= 4 is 17.0 Å². The molecule has 0 unspecified atom stereocenters. The van der Waals surface area contributed by atoms with Crippen molar-refractivity contribution in [3.63, 3.8) is 0 Å². The molecule has 116 valence electrons. The average molecular weight is 308 g/mol. The summed E-state index contributed by atoms with van der Waals surface area (Å²) in [6.45, 7) is -0.810. The summed E-state index contributed by atoms with van der Waals surface area (Å²) in [5, 5.41) is 32.8. The maximum absolute atomic E-state index is 10.2. The number of imidazole rings is 1. The summed E-state index contributed by atoms with van der Waals surface area (Å²) in [5.74, 6) is 0.139. The van der Waals surface area contributed by atoms with Crippen LogP contribution in [0.25, 0.3) is 21.6 Å². The monoisotopic (exact) mass is 308 g/mol. The average Bonchev–Trinajstić information content (AvgIpc) is 3.04. The van der Waals surface area contributed by atoms with Crippen LogP contribution < -0.4 is 5.73 Å². The number of hydrogen-bond acceptors (Lipinski definition) is 9. The number of anilines is 1. The second kappa shape index (κ2) is 5.05. The van der Waals surface area contributed by atoms with Gasteiger partial charge in [0.2, 0.25) is 5.72 Å². The number of nitrogens with zero attached hydrogens (tertiary/aromatic N) is 7. The molecule has 0 spiro atoms. The van der Waals surface area contributed by atoms with E-state index in [1.54, 1.807) is 0 Å². The van der Waals surface area contributed by atoms with Gasteiger partial charge in [-0.05, 0) is 5.53 Å². The van der Waals surface area contributed by atoms with E-state index >= 15 is 0 Å². The number of azide groups is 1. The number of hydrogen-bond donors (Lipinski definition) is 4. The molecule has 1 saturated heterocycles. The summed E-state index contributed by atoms with van der Waals surface area (Å²) >= 11 is 0. The van der Waals surface area contributed by atoms with Crippen LogP contribution in [0.2, 0.25) is 0 Å². The Labute approximate surface area is 122 Å². The predicted octanol–water partition coefficient (Wildman–Crippen LogP) is -1.34. The van der Waals surface area contributed by atoms with Crippen molar-refractivity contribution in [1.29, 1.82) is 0 Å². The number of rotatable bonds is 3. The van der Waals surface area contributed by atoms with E-state index in [1.165, 1.54) is 17.2 Å². The van der Waals surface area contributed by atoms with E-state index in [0.29, 0.717) is 0 Å². The predicted molar refractivity (Wildman–Crippen MR) is 70.8 cm³/mol. The van der Waals surface area contributed by atoms with Crippen molar-refractivity contribution in [2.24, 2.45) is 5.11 Å². The fourth-order valence-corrected chi connectivity index (χ4v) is 2.37. The number of fused-ring (bicyclic) bond motifs is 1. The molecule has 2 aromatic rings. The zero-order chi connectivity index (χ0) is 15.9. The van der Waals surface area contributed by atoms with Crippen LogP contribution in [0.1, 0.15) is 6.23 Å². The van der Waals surface area contributed by atoms with Crippen LogP contribution in [0.3, 0.4) is 0 Å². The van der Waals surface area contributed by atoms with Gasteiger partial charge in [0.25, 0.3) is 0 Å². The zero-order valence-corrected chi connectivity index (χ0v) is 11.1. The van der Waals surface area contributed by atoms with Crippen LogP contribution in [-0.2, 0) is 4.74 Å². The zero-order valence-electron chi connectivity index (χ0n) is 11.1. The van der Waals surface area contributed by atoms with E-state index < -0.39 is 30.8 Å². The molecule has 0 aliphatic carbocycles. The molecule has 1 aliphatic heterocycles. The molecular weight excluding hydrogens is 296 g/mol. The molecule has 0 aromatic carbocycles. The number of aromatic nitrogens is 4. The number of ether oxygens (including phenoxy) is 1. The summed E-state index contributed by atoms with van der Waals surface area (Å²) in [6.07, 6.45) is -1.78. The van der Waals surface area contributed by atoms with Gasteiger partial charge in [-0.3, -0.25) is 4.57 Å². The molecule has 22 heavy (non-hydrogen) atoms. The van der Waals surface area contributed by atoms with Gasteiger partial charge in [-0.2, -0.15) is 0 Å². The largest absolute Gasteiger partial charge is 0.393 e. The summed E-state index contributed by atoms with van der Waals surface area (Å²) in [5.41, 5.74) is 12.8. The fourth-order valence-electron chi connectivity index (χ4n) is 2.37. The first kappa shape index (κ1) is 14.4. The standard InChI is InChI=1S/C10H12N8O4/c11-7-4-8(14-2-13-7)18(3-15-4)9-5(20)6(21)10(1-19,22-9)16-17-12/h2-3,5-6,9,19-21H,1H2,(H2,11,13,14)/t5-,6-,9+,10+/m0/s1. The third-order valence-electron chi connectivity index (χ3n) is 3.50. The van der Waals surface area contributed by atoms with E-state index in [-0.39, 0.29) is 17.0 Å². The minimum atomic E-state index is -1.99. The van der Waals surface area contributed by atoms with Crippen molar-refractivity contribution < 1.29 is 20.1 Å². The van der Waals surface area contributed by atoms with E-state index in [1.807, 2.05) is 0 Å². The first-order valence-electron chi connectivity index (χ1n) is 6.18. The Bertz CT molecular complexity index is 758. The molecule has 1 fully saturated rings. The van der Waals surface area contributed by atoms with Gasteiger partial charge in [-0.15, -0.1) is 0 Å². The van der Waals surface area contributed by atoms with Gasteiger partial charge in [0.15, 0.2) is 17.7 Å². The fraction of sp³-hybridized carbons (Fsp3) is 0.500. The molecule has 0 amide bonds. The summed E-state index contributed by atoms with van der Waals surface area (Å²) in [7, 11) is 0. The molecule has 0 radical (unpaired) electrons. The third kappa shape index (κ3) is 1.87. The Morgan fingerprint density at radius 1 is 1.45 bits per heavy atom. The summed E-state index contributed by atoms with van der Waals surface area (Å²) in [4.78, 5) is 14.3. The summed E-state index contributed by atoms with van der Waals surface area (Å²) in [6, 6.07) is 0. The molecule has 12 heteroatoms. The molecule has 4 atom stereocenters. The molecular formula is C10H12N8O4. The van der Waals surface area contributed by atoms with Crippen LogP contribution in [0.4, 0.5) is 5.82 Å². The highest BCUT2D eigenvalue weighted by molar-refractivity contribution is 5.81. The maximum Gasteiger partial charge on any atom is 0.200 e. The van der Waals surface area contributed by atoms with Crippen LogP contribution in [0.15, 0.2) is 17.8 Å². The highest BCUT2D eigenvalue weighted by Gasteiger charge is 2.55. The number of aliphatic hydroxyl groups excluding tert-OH is 3. The van der Waals surface area contributed by atoms with Crippen molar-refractivity contribution in [2.75, 3.05) is 12.3 Å². The van der Waals surface area contributed by atoms with E-state index in [4.69, 9.17) is 16.0 Å². The number of nitrogen functional groups attached to an aromatic ring is 1. The van der Waals surface area contributed by atoms with Crippen LogP contribution in [0.5, 0.6) is 0 Å². The van der Waals surface area contributed by atoms with Crippen LogP contribution in [0, 0.1) is 0 Å². The van der Waals surface area contributed by atoms with Crippen LogP contribution >= 0.6 is 0 Å². The first-order chi connectivity index (χ1) is 10.5. The van der Waals surface area contributed by atoms with Crippen molar-refractivity contribution in [3.8, 4) is 0 Å². The maximum atomic E-state index is 10.2. The third-order valence-corrected chi connectivity index (χ3v) is 3.50. The Balaban J connectivity index is 2.08. The Morgan fingerprint density at radius 3 is 2.91 bits per heavy atom. The van der Waals surface area contributed by atoms with Crippen LogP contribution in [-0.4, -0.2) is 59.4 Å². The van der Waals surface area contributed by atoms with E-state index in [9.17, 15) is 15.3 Å². The normalized spacial score (nSPS) is 31.3. The molecule has 5 N–H and O–H groups in total. The van der Waals surface area contributed by atoms with Crippen molar-refractivity contribution in [1.82, 2.24) is 19.5 Å². The van der Waals surface area contributed by atoms with Gasteiger partial charge >= 0.3 is 0 Å².